The summed E-state index contributed by atoms with van der Waals surface area (Å²) in [5, 5.41) is 0.188. The first-order valence-corrected chi connectivity index (χ1v) is 20.7. The quantitative estimate of drug-likeness (QED) is 0.343. The third kappa shape index (κ3) is 8.72. The summed E-state index contributed by atoms with van der Waals surface area (Å²) in [6.45, 7) is 9.89. The second-order valence-electron chi connectivity index (χ2n) is 14.1. The van der Waals surface area contributed by atoms with E-state index in [4.69, 9.17) is 11.6 Å². The molecule has 46 heavy (non-hydrogen) atoms. The van der Waals surface area contributed by atoms with Gasteiger partial charge in [-0.05, 0) is 112 Å². The molecule has 2 aliphatic carbocycles. The minimum atomic E-state index is -3.82. The summed E-state index contributed by atoms with van der Waals surface area (Å²) >= 11 is 6.23. The molecule has 2 heterocycles. The van der Waals surface area contributed by atoms with Gasteiger partial charge in [-0.1, -0.05) is 54.7 Å². The van der Waals surface area contributed by atoms with Gasteiger partial charge in [0.15, 0.2) is 12.4 Å². The van der Waals surface area contributed by atoms with Crippen molar-refractivity contribution < 1.29 is 20.8 Å². The van der Waals surface area contributed by atoms with Crippen molar-refractivity contribution in [1.82, 2.24) is 13.5 Å². The Bertz CT molecular complexity index is 1510. The first-order chi connectivity index (χ1) is 21.9. The molecule has 1 aliphatic heterocycles. The summed E-state index contributed by atoms with van der Waals surface area (Å²) in [5.74, 6) is 0.962. The maximum Gasteiger partial charge on any atom is 0.447 e. The number of nitrogens with zero attached hydrogens (tertiary/aromatic N) is 4. The van der Waals surface area contributed by atoms with Crippen LogP contribution in [0.25, 0.3) is 0 Å². The van der Waals surface area contributed by atoms with Gasteiger partial charge in [0, 0.05) is 49.4 Å². The Morgan fingerprint density at radius 3 is 2.22 bits per heavy atom. The van der Waals surface area contributed by atoms with Crippen molar-refractivity contribution in [3.8, 4) is 0 Å². The molecule has 0 radical (unpaired) electrons. The Morgan fingerprint density at radius 2 is 1.52 bits per heavy atom. The van der Waals surface area contributed by atoms with Gasteiger partial charge in [0.05, 0.1) is 5.25 Å². The van der Waals surface area contributed by atoms with Crippen LogP contribution in [0.5, 0.6) is 0 Å². The summed E-state index contributed by atoms with van der Waals surface area (Å²) in [5.41, 5.74) is 3.28. The van der Waals surface area contributed by atoms with Crippen molar-refractivity contribution in [1.29, 1.82) is 0 Å². The number of hydrogen-bond acceptors (Lipinski definition) is 5. The molecule has 11 heteroatoms. The fraction of sp³-hybridized carbons (Fsp3) is 0.686. The Morgan fingerprint density at radius 1 is 0.826 bits per heavy atom. The molecular formula is C35H54ClN4O4S2+. The average molecular weight is 694 g/mol. The van der Waals surface area contributed by atoms with Crippen molar-refractivity contribution >= 4 is 31.8 Å². The average Bonchev–Trinajstić information content (AvgIpc) is 3.03. The van der Waals surface area contributed by atoms with Gasteiger partial charge in [-0.2, -0.15) is 4.31 Å². The molecular weight excluding hydrogens is 640 g/mol. The molecule has 1 saturated carbocycles. The SMILES string of the molecule is CC(C)c1cc[n+](S(=O)(=O)N2CCCN(CC3CCCCC3)CCCN(S(=O)(=O)C3CCc4cc(Cl)ccc4C3)[C@@H](C)CC2)cc1. The monoisotopic (exact) mass is 693 g/mol. The van der Waals surface area contributed by atoms with Crippen LogP contribution in [-0.2, 0) is 33.1 Å². The van der Waals surface area contributed by atoms with Crippen LogP contribution in [0, 0.1) is 5.92 Å². The predicted molar refractivity (Wildman–Crippen MR) is 186 cm³/mol. The maximum atomic E-state index is 14.4. The summed E-state index contributed by atoms with van der Waals surface area (Å²) < 4.78 is 61.3. The largest absolute Gasteiger partial charge is 0.447 e. The van der Waals surface area contributed by atoms with Gasteiger partial charge >= 0.3 is 10.2 Å². The van der Waals surface area contributed by atoms with Gasteiger partial charge < -0.3 is 4.90 Å². The summed E-state index contributed by atoms with van der Waals surface area (Å²) in [7, 11) is -7.45. The van der Waals surface area contributed by atoms with Crippen molar-refractivity contribution in [2.24, 2.45) is 5.92 Å². The van der Waals surface area contributed by atoms with Crippen molar-refractivity contribution in [3.63, 3.8) is 0 Å². The molecule has 1 saturated heterocycles. The van der Waals surface area contributed by atoms with Gasteiger partial charge in [-0.3, -0.25) is 0 Å². The van der Waals surface area contributed by atoms with E-state index in [1.807, 2.05) is 37.3 Å². The zero-order valence-corrected chi connectivity index (χ0v) is 30.4. The highest BCUT2D eigenvalue weighted by molar-refractivity contribution is 7.89. The number of sulfonamides is 1. The van der Waals surface area contributed by atoms with E-state index in [0.29, 0.717) is 55.6 Å². The normalized spacial score (nSPS) is 24.3. The lowest BCUT2D eigenvalue weighted by Gasteiger charge is -2.36. The van der Waals surface area contributed by atoms with E-state index in [0.717, 1.165) is 49.2 Å². The number of fused-ring (bicyclic) bond motifs is 1. The van der Waals surface area contributed by atoms with Gasteiger partial charge in [0.2, 0.25) is 10.0 Å². The van der Waals surface area contributed by atoms with Gasteiger partial charge in [-0.25, -0.2) is 8.42 Å². The van der Waals surface area contributed by atoms with Crippen LogP contribution in [-0.4, -0.2) is 80.9 Å². The second kappa shape index (κ2) is 15.8. The van der Waals surface area contributed by atoms with Gasteiger partial charge in [-0.15, -0.1) is 12.7 Å². The van der Waals surface area contributed by atoms with E-state index < -0.39 is 25.5 Å². The summed E-state index contributed by atoms with van der Waals surface area (Å²) in [6, 6.07) is 9.20. The Labute approximate surface area is 283 Å². The number of benzene rings is 1. The molecule has 256 valence electrons. The van der Waals surface area contributed by atoms with E-state index in [-0.39, 0.29) is 12.6 Å². The number of rotatable bonds is 7. The van der Waals surface area contributed by atoms with E-state index in [9.17, 15) is 16.8 Å². The maximum absolute atomic E-state index is 14.4. The predicted octanol–water partition coefficient (Wildman–Crippen LogP) is 5.79. The topological polar surface area (TPSA) is 81.9 Å². The molecule has 8 nitrogen and oxygen atoms in total. The molecule has 1 aromatic heterocycles. The number of hydrogen-bond donors (Lipinski definition) is 0. The molecule has 1 unspecified atom stereocenters. The standard InChI is InChI=1S/C35H54ClN4O4S2/c1-28(2)31-16-23-39(24-17-31)46(43,44)38-20-7-18-37(27-30-9-5-4-6-10-30)19-8-21-40(29(3)15-22-38)45(41,42)35-14-12-32-25-34(36)13-11-33(32)26-35/h11,13,16-17,23-25,28-30,35H,4-10,12,14-15,18-22,26-27H2,1-3H3/q+1/t29-,35?/m0/s1. The van der Waals surface area contributed by atoms with Gasteiger partial charge in [0.25, 0.3) is 0 Å². The molecule has 3 aliphatic rings. The summed E-state index contributed by atoms with van der Waals surface area (Å²) in [4.78, 5) is 2.48. The number of aryl methyl sites for hydroxylation is 1. The molecule has 0 N–H and O–H groups in total. The molecule has 0 spiro atoms. The van der Waals surface area contributed by atoms with E-state index >= 15 is 0 Å². The molecule has 2 aromatic rings. The lowest BCUT2D eigenvalue weighted by atomic mass is 9.89. The lowest BCUT2D eigenvalue weighted by molar-refractivity contribution is -0.516. The lowest BCUT2D eigenvalue weighted by Crippen LogP contribution is -2.54. The zero-order chi connectivity index (χ0) is 32.9. The Kier molecular flexibility index (Phi) is 12.3. The minimum Gasteiger partial charge on any atom is -0.303 e. The van der Waals surface area contributed by atoms with E-state index in [1.54, 1.807) is 21.0 Å². The third-order valence-electron chi connectivity index (χ3n) is 10.5. The van der Waals surface area contributed by atoms with E-state index in [2.05, 4.69) is 18.7 Å². The smallest absolute Gasteiger partial charge is 0.303 e. The first-order valence-electron chi connectivity index (χ1n) is 17.5. The molecule has 5 rings (SSSR count). The molecule has 1 aromatic carbocycles. The number of halogens is 1. The third-order valence-corrected chi connectivity index (χ3v) is 14.9. The molecule has 0 amide bonds. The fourth-order valence-corrected chi connectivity index (χ4v) is 11.4. The van der Waals surface area contributed by atoms with Crippen LogP contribution in [0.3, 0.4) is 0 Å². The zero-order valence-electron chi connectivity index (χ0n) is 28.0. The second-order valence-corrected chi connectivity index (χ2v) is 18.5. The van der Waals surface area contributed by atoms with Gasteiger partial charge in [0.1, 0.15) is 0 Å². The number of pyridine rings is 1. The van der Waals surface area contributed by atoms with Crippen LogP contribution in [0.1, 0.15) is 101 Å². The van der Waals surface area contributed by atoms with Crippen LogP contribution in [0.15, 0.2) is 42.7 Å². The van der Waals surface area contributed by atoms with Crippen molar-refractivity contribution in [2.75, 3.05) is 39.3 Å². The fourth-order valence-electron chi connectivity index (χ4n) is 7.60. The highest BCUT2D eigenvalue weighted by Crippen LogP contribution is 2.31. The van der Waals surface area contributed by atoms with Crippen LogP contribution in [0.4, 0.5) is 0 Å². The number of aromatic nitrogens is 1. The first kappa shape index (κ1) is 35.7. The van der Waals surface area contributed by atoms with Crippen molar-refractivity contribution in [3.05, 3.63) is 64.4 Å². The highest BCUT2D eigenvalue weighted by Gasteiger charge is 2.38. The van der Waals surface area contributed by atoms with E-state index in [1.165, 1.54) is 36.1 Å². The van der Waals surface area contributed by atoms with Crippen LogP contribution >= 0.6 is 11.6 Å². The Balaban J connectivity index is 1.38. The molecule has 2 fully saturated rings. The molecule has 0 bridgehead atoms. The summed E-state index contributed by atoms with van der Waals surface area (Å²) in [6.07, 6.45) is 13.3. The van der Waals surface area contributed by atoms with Crippen molar-refractivity contribution in [2.45, 2.75) is 109 Å². The molecule has 2 atom stereocenters. The Hall–Kier alpha value is -1.56. The van der Waals surface area contributed by atoms with Crippen LogP contribution < -0.4 is 3.97 Å². The van der Waals surface area contributed by atoms with Crippen LogP contribution in [0.2, 0.25) is 5.02 Å². The highest BCUT2D eigenvalue weighted by atomic mass is 35.5. The minimum absolute atomic E-state index is 0.267.